The average Bonchev–Trinajstić information content (AvgIpc) is 2.83. The smallest absolute Gasteiger partial charge is 0.0992 e. The lowest BCUT2D eigenvalue weighted by Gasteiger charge is -2.15. The van der Waals surface area contributed by atoms with Crippen LogP contribution >= 0.6 is 34.5 Å². The number of halogens is 2. The molecule has 3 rings (SSSR count). The summed E-state index contributed by atoms with van der Waals surface area (Å²) in [5.41, 5.74) is 3.08. The van der Waals surface area contributed by atoms with Gasteiger partial charge in [-0.05, 0) is 25.2 Å². The number of rotatable bonds is 4. The lowest BCUT2D eigenvalue weighted by molar-refractivity contribution is 0.587. The van der Waals surface area contributed by atoms with Gasteiger partial charge in [-0.2, -0.15) is 0 Å². The molecule has 108 valence electrons. The summed E-state index contributed by atoms with van der Waals surface area (Å²) in [6.07, 6.45) is 0.772. The molecule has 2 nitrogen and oxygen atoms in total. The van der Waals surface area contributed by atoms with Crippen LogP contribution in [0.4, 0.5) is 0 Å². The number of pyridine rings is 1. The van der Waals surface area contributed by atoms with Gasteiger partial charge in [-0.25, -0.2) is 0 Å². The first kappa shape index (κ1) is 14.8. The van der Waals surface area contributed by atoms with Crippen LogP contribution in [0.3, 0.4) is 0 Å². The van der Waals surface area contributed by atoms with Crippen molar-refractivity contribution >= 4 is 45.4 Å². The van der Waals surface area contributed by atoms with Crippen LogP contribution in [0.15, 0.2) is 42.5 Å². The number of thiophene rings is 1. The number of aromatic nitrogens is 1. The largest absolute Gasteiger partial charge is 0.313 e. The van der Waals surface area contributed by atoms with Crippen LogP contribution in [0.5, 0.6) is 0 Å². The second-order valence-corrected chi connectivity index (χ2v) is 7.11. The Kier molecular flexibility index (Phi) is 4.45. The van der Waals surface area contributed by atoms with Crippen LogP contribution < -0.4 is 5.32 Å². The lowest BCUT2D eigenvalue weighted by atomic mass is 10.0. The van der Waals surface area contributed by atoms with Gasteiger partial charge in [-0.1, -0.05) is 47.5 Å². The van der Waals surface area contributed by atoms with E-state index in [1.54, 1.807) is 0 Å². The topological polar surface area (TPSA) is 24.9 Å². The van der Waals surface area contributed by atoms with E-state index in [1.807, 2.05) is 31.3 Å². The lowest BCUT2D eigenvalue weighted by Crippen LogP contribution is -2.19. The molecule has 0 amide bonds. The zero-order valence-corrected chi connectivity index (χ0v) is 13.8. The SMILES string of the molecule is CNC(Cc1ccc2ccccc2n1)c1cc(Cl)sc1Cl. The van der Waals surface area contributed by atoms with Gasteiger partial charge >= 0.3 is 0 Å². The molecule has 0 aliphatic heterocycles. The third-order valence-corrected chi connectivity index (χ3v) is 4.99. The average molecular weight is 337 g/mol. The number of fused-ring (bicyclic) bond motifs is 1. The number of hydrogen-bond acceptors (Lipinski definition) is 3. The van der Waals surface area contributed by atoms with E-state index in [9.17, 15) is 0 Å². The molecule has 3 aromatic rings. The number of para-hydroxylation sites is 1. The van der Waals surface area contributed by atoms with E-state index in [2.05, 4.69) is 23.5 Å². The number of hydrogen-bond donors (Lipinski definition) is 1. The molecule has 2 aromatic heterocycles. The maximum Gasteiger partial charge on any atom is 0.0992 e. The van der Waals surface area contributed by atoms with E-state index in [0.717, 1.165) is 32.9 Å². The molecular weight excluding hydrogens is 323 g/mol. The standard InChI is InChI=1S/C16H14Cl2N2S/c1-19-14(12-9-15(17)21-16(12)18)8-11-7-6-10-4-2-3-5-13(10)20-11/h2-7,9,14,19H,8H2,1H3. The minimum atomic E-state index is 0.106. The predicted octanol–water partition coefficient (Wildman–Crippen LogP) is 5.11. The fraction of sp³-hybridized carbons (Fsp3) is 0.188. The molecular formula is C16H14Cl2N2S. The van der Waals surface area contributed by atoms with Crippen LogP contribution in [0, 0.1) is 0 Å². The highest BCUT2D eigenvalue weighted by Gasteiger charge is 2.17. The zero-order valence-electron chi connectivity index (χ0n) is 11.4. The quantitative estimate of drug-likeness (QED) is 0.716. The van der Waals surface area contributed by atoms with Crippen LogP contribution in [0.1, 0.15) is 17.3 Å². The van der Waals surface area contributed by atoms with E-state index in [4.69, 9.17) is 28.2 Å². The van der Waals surface area contributed by atoms with Gasteiger partial charge < -0.3 is 5.32 Å². The van der Waals surface area contributed by atoms with Crippen LogP contribution in [-0.4, -0.2) is 12.0 Å². The molecule has 0 saturated carbocycles. The molecule has 0 bridgehead atoms. The maximum absolute atomic E-state index is 6.25. The highest BCUT2D eigenvalue weighted by atomic mass is 35.5. The summed E-state index contributed by atoms with van der Waals surface area (Å²) in [5.74, 6) is 0. The Hall–Kier alpha value is -1.13. The number of benzene rings is 1. The van der Waals surface area contributed by atoms with Gasteiger partial charge in [0, 0.05) is 29.1 Å². The summed E-state index contributed by atoms with van der Waals surface area (Å²) in [4.78, 5) is 4.71. The molecule has 1 unspecified atom stereocenters. The fourth-order valence-corrected chi connectivity index (χ4v) is 3.97. The van der Waals surface area contributed by atoms with E-state index < -0.39 is 0 Å². The first-order chi connectivity index (χ1) is 10.2. The van der Waals surface area contributed by atoms with Crippen molar-refractivity contribution in [2.75, 3.05) is 7.05 Å². The molecule has 0 fully saturated rings. The van der Waals surface area contributed by atoms with Gasteiger partial charge in [-0.15, -0.1) is 11.3 Å². The minimum Gasteiger partial charge on any atom is -0.313 e. The monoisotopic (exact) mass is 336 g/mol. The van der Waals surface area contributed by atoms with Crippen LogP contribution in [-0.2, 0) is 6.42 Å². The van der Waals surface area contributed by atoms with E-state index in [-0.39, 0.29) is 6.04 Å². The predicted molar refractivity (Wildman–Crippen MR) is 91.6 cm³/mol. The molecule has 1 aromatic carbocycles. The molecule has 1 atom stereocenters. The van der Waals surface area contributed by atoms with Crippen molar-refractivity contribution < 1.29 is 0 Å². The number of nitrogens with zero attached hydrogens (tertiary/aromatic N) is 1. The first-order valence-electron chi connectivity index (χ1n) is 6.64. The van der Waals surface area contributed by atoms with E-state index in [1.165, 1.54) is 11.3 Å². The number of likely N-dealkylation sites (N-methyl/N-ethyl adjacent to an activating group) is 1. The molecule has 2 heterocycles. The van der Waals surface area contributed by atoms with Crippen molar-refractivity contribution in [2.45, 2.75) is 12.5 Å². The molecule has 0 saturated heterocycles. The van der Waals surface area contributed by atoms with Gasteiger partial charge in [0.25, 0.3) is 0 Å². The van der Waals surface area contributed by atoms with Crippen molar-refractivity contribution in [3.63, 3.8) is 0 Å². The summed E-state index contributed by atoms with van der Waals surface area (Å²) in [6.45, 7) is 0. The Balaban J connectivity index is 1.90. The fourth-order valence-electron chi connectivity index (χ4n) is 2.39. The molecule has 5 heteroatoms. The van der Waals surface area contributed by atoms with E-state index >= 15 is 0 Å². The molecule has 0 radical (unpaired) electrons. The van der Waals surface area contributed by atoms with Gasteiger partial charge in [0.2, 0.25) is 0 Å². The second kappa shape index (κ2) is 6.32. The Labute approximate surface area is 137 Å². The Morgan fingerprint density at radius 1 is 1.19 bits per heavy atom. The third kappa shape index (κ3) is 3.22. The van der Waals surface area contributed by atoms with Crippen molar-refractivity contribution in [1.29, 1.82) is 0 Å². The maximum atomic E-state index is 6.25. The van der Waals surface area contributed by atoms with Crippen molar-refractivity contribution in [3.8, 4) is 0 Å². The molecule has 0 aliphatic carbocycles. The summed E-state index contributed by atoms with van der Waals surface area (Å²) in [5, 5.41) is 4.44. The van der Waals surface area contributed by atoms with Crippen molar-refractivity contribution in [2.24, 2.45) is 0 Å². The Morgan fingerprint density at radius 2 is 2.00 bits per heavy atom. The van der Waals surface area contributed by atoms with Crippen molar-refractivity contribution in [1.82, 2.24) is 10.3 Å². The second-order valence-electron chi connectivity index (χ2n) is 4.82. The van der Waals surface area contributed by atoms with Gasteiger partial charge in [0.1, 0.15) is 0 Å². The normalized spacial score (nSPS) is 12.7. The first-order valence-corrected chi connectivity index (χ1v) is 8.21. The van der Waals surface area contributed by atoms with Gasteiger partial charge in [-0.3, -0.25) is 4.98 Å². The summed E-state index contributed by atoms with van der Waals surface area (Å²) in [6, 6.07) is 14.3. The highest BCUT2D eigenvalue weighted by Crippen LogP contribution is 2.36. The molecule has 21 heavy (non-hydrogen) atoms. The number of nitrogens with one attached hydrogen (secondary N) is 1. The van der Waals surface area contributed by atoms with E-state index in [0.29, 0.717) is 4.34 Å². The molecule has 0 aliphatic rings. The molecule has 1 N–H and O–H groups in total. The Bertz CT molecular complexity index is 770. The van der Waals surface area contributed by atoms with Crippen LogP contribution in [0.2, 0.25) is 8.67 Å². The molecule has 0 spiro atoms. The Morgan fingerprint density at radius 3 is 2.71 bits per heavy atom. The van der Waals surface area contributed by atoms with Crippen molar-refractivity contribution in [3.05, 3.63) is 62.4 Å². The van der Waals surface area contributed by atoms with Gasteiger partial charge in [0.05, 0.1) is 14.2 Å². The van der Waals surface area contributed by atoms with Gasteiger partial charge in [0.15, 0.2) is 0 Å². The zero-order chi connectivity index (χ0) is 14.8. The summed E-state index contributed by atoms with van der Waals surface area (Å²) >= 11 is 13.7. The minimum absolute atomic E-state index is 0.106. The summed E-state index contributed by atoms with van der Waals surface area (Å²) in [7, 11) is 1.92. The third-order valence-electron chi connectivity index (χ3n) is 3.48. The highest BCUT2D eigenvalue weighted by molar-refractivity contribution is 7.20. The summed E-state index contributed by atoms with van der Waals surface area (Å²) < 4.78 is 1.45. The van der Waals surface area contributed by atoms with Crippen LogP contribution in [0.25, 0.3) is 10.9 Å².